The summed E-state index contributed by atoms with van der Waals surface area (Å²) in [6.07, 6.45) is 4.93. The Morgan fingerprint density at radius 2 is 2.25 bits per heavy atom. The third-order valence-corrected chi connectivity index (χ3v) is 4.21. The minimum absolute atomic E-state index is 0.139. The largest absolute Gasteiger partial charge is 0.493 e. The zero-order chi connectivity index (χ0) is 14.4. The summed E-state index contributed by atoms with van der Waals surface area (Å²) in [7, 11) is 0. The van der Waals surface area contributed by atoms with Crippen LogP contribution < -0.4 is 10.1 Å². The summed E-state index contributed by atoms with van der Waals surface area (Å²) in [5.41, 5.74) is 1.17. The second kappa shape index (κ2) is 8.01. The molecule has 3 nitrogen and oxygen atoms in total. The number of aliphatic hydroxyl groups is 1. The van der Waals surface area contributed by atoms with Crippen LogP contribution in [0.25, 0.3) is 0 Å². The van der Waals surface area contributed by atoms with Gasteiger partial charge >= 0.3 is 0 Å². The van der Waals surface area contributed by atoms with E-state index in [2.05, 4.69) is 34.2 Å². The molecule has 0 bridgehead atoms. The van der Waals surface area contributed by atoms with Crippen molar-refractivity contribution in [1.82, 2.24) is 5.32 Å². The predicted molar refractivity (Wildman–Crippen MR) is 85.0 cm³/mol. The van der Waals surface area contributed by atoms with Crippen LogP contribution in [0.4, 0.5) is 0 Å². The summed E-state index contributed by atoms with van der Waals surface area (Å²) >= 11 is 3.52. The average molecular weight is 342 g/mol. The fourth-order valence-electron chi connectivity index (χ4n) is 2.64. The molecule has 1 aromatic rings. The number of halogens is 1. The first-order chi connectivity index (χ1) is 9.69. The van der Waals surface area contributed by atoms with Crippen molar-refractivity contribution in [3.63, 3.8) is 0 Å². The lowest BCUT2D eigenvalue weighted by Gasteiger charge is -2.27. The van der Waals surface area contributed by atoms with Crippen LogP contribution in [0.15, 0.2) is 22.7 Å². The van der Waals surface area contributed by atoms with Gasteiger partial charge in [0.25, 0.3) is 0 Å². The number of aliphatic hydroxyl groups excluding tert-OH is 1. The molecule has 1 aliphatic rings. The zero-order valence-electron chi connectivity index (χ0n) is 12.1. The molecule has 2 unspecified atom stereocenters. The maximum Gasteiger partial charge on any atom is 0.123 e. The molecular weight excluding hydrogens is 318 g/mol. The third-order valence-electron chi connectivity index (χ3n) is 3.71. The van der Waals surface area contributed by atoms with E-state index in [9.17, 15) is 5.11 Å². The Labute approximate surface area is 129 Å². The Morgan fingerprint density at radius 3 is 3.00 bits per heavy atom. The van der Waals surface area contributed by atoms with Crippen molar-refractivity contribution in [3.05, 3.63) is 28.2 Å². The van der Waals surface area contributed by atoms with Crippen LogP contribution in [0.3, 0.4) is 0 Å². The monoisotopic (exact) mass is 341 g/mol. The minimum Gasteiger partial charge on any atom is -0.493 e. The fraction of sp³-hybridized carbons (Fsp3) is 0.625. The quantitative estimate of drug-likeness (QED) is 0.830. The lowest BCUT2D eigenvalue weighted by Crippen LogP contribution is -2.35. The maximum absolute atomic E-state index is 9.72. The van der Waals surface area contributed by atoms with Gasteiger partial charge in [0.1, 0.15) is 5.75 Å². The molecule has 1 saturated carbocycles. The molecule has 2 atom stereocenters. The highest BCUT2D eigenvalue weighted by Crippen LogP contribution is 2.25. The van der Waals surface area contributed by atoms with Gasteiger partial charge in [-0.25, -0.2) is 0 Å². The van der Waals surface area contributed by atoms with E-state index < -0.39 is 0 Å². The summed E-state index contributed by atoms with van der Waals surface area (Å²) < 4.78 is 6.86. The van der Waals surface area contributed by atoms with Crippen LogP contribution >= 0.6 is 15.9 Å². The Bertz CT molecular complexity index is 425. The van der Waals surface area contributed by atoms with Crippen LogP contribution in [0.5, 0.6) is 5.75 Å². The van der Waals surface area contributed by atoms with Gasteiger partial charge < -0.3 is 15.2 Å². The van der Waals surface area contributed by atoms with Gasteiger partial charge in [0.2, 0.25) is 0 Å². The molecule has 4 heteroatoms. The molecule has 2 rings (SSSR count). The maximum atomic E-state index is 9.72. The van der Waals surface area contributed by atoms with Gasteiger partial charge in [-0.1, -0.05) is 22.9 Å². The van der Waals surface area contributed by atoms with Crippen LogP contribution in [-0.2, 0) is 6.54 Å². The lowest BCUT2D eigenvalue weighted by molar-refractivity contribution is 0.111. The molecule has 112 valence electrons. The highest BCUT2D eigenvalue weighted by molar-refractivity contribution is 9.10. The second-order valence-corrected chi connectivity index (χ2v) is 6.41. The first-order valence-electron chi connectivity index (χ1n) is 7.51. The Hall–Kier alpha value is -0.580. The second-order valence-electron chi connectivity index (χ2n) is 5.50. The van der Waals surface area contributed by atoms with Crippen molar-refractivity contribution in [2.75, 3.05) is 6.61 Å². The highest BCUT2D eigenvalue weighted by atomic mass is 79.9. The van der Waals surface area contributed by atoms with Crippen molar-refractivity contribution >= 4 is 15.9 Å². The van der Waals surface area contributed by atoms with Gasteiger partial charge in [0, 0.05) is 22.6 Å². The Kier molecular flexibility index (Phi) is 6.33. The Balaban J connectivity index is 1.94. The molecule has 0 amide bonds. The summed E-state index contributed by atoms with van der Waals surface area (Å²) in [4.78, 5) is 0. The van der Waals surface area contributed by atoms with Gasteiger partial charge in [0.05, 0.1) is 12.7 Å². The van der Waals surface area contributed by atoms with Crippen molar-refractivity contribution in [1.29, 1.82) is 0 Å². The molecule has 0 spiro atoms. The first-order valence-corrected chi connectivity index (χ1v) is 8.31. The van der Waals surface area contributed by atoms with E-state index in [0.717, 1.165) is 55.5 Å². The normalized spacial score (nSPS) is 22.8. The number of hydrogen-bond donors (Lipinski definition) is 2. The highest BCUT2D eigenvalue weighted by Gasteiger charge is 2.19. The molecule has 0 aliphatic heterocycles. The molecule has 0 aromatic heterocycles. The first kappa shape index (κ1) is 15.8. The molecule has 1 aliphatic carbocycles. The molecule has 0 heterocycles. The van der Waals surface area contributed by atoms with Crippen LogP contribution in [-0.4, -0.2) is 23.9 Å². The van der Waals surface area contributed by atoms with E-state index in [1.807, 2.05) is 12.1 Å². The average Bonchev–Trinajstić information content (AvgIpc) is 2.44. The van der Waals surface area contributed by atoms with Crippen LogP contribution in [0.1, 0.15) is 44.6 Å². The summed E-state index contributed by atoms with van der Waals surface area (Å²) in [5, 5.41) is 13.3. The van der Waals surface area contributed by atoms with E-state index in [4.69, 9.17) is 4.74 Å². The zero-order valence-corrected chi connectivity index (χ0v) is 13.7. The molecule has 0 saturated heterocycles. The summed E-state index contributed by atoms with van der Waals surface area (Å²) in [5.74, 6) is 0.957. The van der Waals surface area contributed by atoms with Gasteiger partial charge in [-0.2, -0.15) is 0 Å². The van der Waals surface area contributed by atoms with Crippen molar-refractivity contribution in [2.45, 2.75) is 57.7 Å². The Morgan fingerprint density at radius 1 is 1.40 bits per heavy atom. The predicted octanol–water partition coefficient (Wildman–Crippen LogP) is 3.63. The van der Waals surface area contributed by atoms with E-state index in [-0.39, 0.29) is 6.10 Å². The smallest absolute Gasteiger partial charge is 0.123 e. The minimum atomic E-state index is -0.139. The number of nitrogens with one attached hydrogen (secondary N) is 1. The van der Waals surface area contributed by atoms with Crippen molar-refractivity contribution < 1.29 is 9.84 Å². The number of hydrogen-bond acceptors (Lipinski definition) is 3. The van der Waals surface area contributed by atoms with E-state index in [1.165, 1.54) is 5.56 Å². The fourth-order valence-corrected chi connectivity index (χ4v) is 3.05. The number of rotatable bonds is 6. The molecule has 0 radical (unpaired) electrons. The van der Waals surface area contributed by atoms with Gasteiger partial charge in [0.15, 0.2) is 0 Å². The van der Waals surface area contributed by atoms with Gasteiger partial charge in [-0.3, -0.25) is 0 Å². The van der Waals surface area contributed by atoms with Crippen molar-refractivity contribution in [3.8, 4) is 5.75 Å². The molecule has 20 heavy (non-hydrogen) atoms. The van der Waals surface area contributed by atoms with Crippen molar-refractivity contribution in [2.24, 2.45) is 0 Å². The topological polar surface area (TPSA) is 41.5 Å². The van der Waals surface area contributed by atoms with Crippen LogP contribution in [0.2, 0.25) is 0 Å². The summed E-state index contributed by atoms with van der Waals surface area (Å²) in [6.45, 7) is 3.65. The standard InChI is InChI=1S/C16H24BrNO2/c1-2-8-20-16-7-6-13(17)9-12(16)11-18-14-4-3-5-15(19)10-14/h6-7,9,14-15,18-19H,2-5,8,10-11H2,1H3. The van der Waals surface area contributed by atoms with Gasteiger partial charge in [-0.05, 0) is 50.3 Å². The molecule has 1 aromatic carbocycles. The number of ether oxygens (including phenoxy) is 1. The third kappa shape index (κ3) is 4.76. The molecular formula is C16H24BrNO2. The molecule has 2 N–H and O–H groups in total. The van der Waals surface area contributed by atoms with E-state index in [0.29, 0.717) is 6.04 Å². The SMILES string of the molecule is CCCOc1ccc(Br)cc1CNC1CCCC(O)C1. The molecule has 1 fully saturated rings. The van der Waals surface area contributed by atoms with E-state index >= 15 is 0 Å². The van der Waals surface area contributed by atoms with E-state index in [1.54, 1.807) is 0 Å². The van der Waals surface area contributed by atoms with Crippen LogP contribution in [0, 0.1) is 0 Å². The lowest BCUT2D eigenvalue weighted by atomic mass is 9.93. The summed E-state index contributed by atoms with van der Waals surface area (Å²) in [6, 6.07) is 6.56. The number of benzene rings is 1. The van der Waals surface area contributed by atoms with Gasteiger partial charge in [-0.15, -0.1) is 0 Å².